The van der Waals surface area contributed by atoms with Crippen LogP contribution in [0.2, 0.25) is 0 Å². The monoisotopic (exact) mass is 265 g/mol. The molecule has 3 nitrogen and oxygen atoms in total. The highest BCUT2D eigenvalue weighted by atomic mass is 16.5. The van der Waals surface area contributed by atoms with E-state index in [1.54, 1.807) is 7.11 Å². The first-order chi connectivity index (χ1) is 9.13. The van der Waals surface area contributed by atoms with Crippen molar-refractivity contribution < 1.29 is 9.47 Å². The van der Waals surface area contributed by atoms with E-state index in [1.807, 2.05) is 6.92 Å². The molecule has 1 atom stereocenters. The molecule has 0 heterocycles. The van der Waals surface area contributed by atoms with Gasteiger partial charge in [-0.05, 0) is 56.5 Å². The van der Waals surface area contributed by atoms with Crippen molar-refractivity contribution >= 4 is 0 Å². The van der Waals surface area contributed by atoms with Gasteiger partial charge in [0, 0.05) is 19.3 Å². The molecule has 0 radical (unpaired) electrons. The molecule has 0 spiro atoms. The number of hydrogen-bond acceptors (Lipinski definition) is 3. The predicted molar refractivity (Wildman–Crippen MR) is 80.0 cm³/mol. The molecule has 0 fully saturated rings. The average Bonchev–Trinajstić information content (AvgIpc) is 2.40. The zero-order valence-electron chi connectivity index (χ0n) is 12.9. The maximum atomic E-state index is 5.48. The summed E-state index contributed by atoms with van der Waals surface area (Å²) in [6.07, 6.45) is 0.994. The highest BCUT2D eigenvalue weighted by molar-refractivity contribution is 5.42. The summed E-state index contributed by atoms with van der Waals surface area (Å²) in [5, 5.41) is 3.54. The maximum Gasteiger partial charge on any atom is 0.122 e. The molecule has 1 unspecified atom stereocenters. The highest BCUT2D eigenvalue weighted by Crippen LogP contribution is 2.28. The van der Waals surface area contributed by atoms with Gasteiger partial charge in [0.15, 0.2) is 0 Å². The Balaban J connectivity index is 2.91. The Hall–Kier alpha value is -1.06. The molecule has 0 aliphatic carbocycles. The predicted octanol–water partition coefficient (Wildman–Crippen LogP) is 3.39. The molecular weight excluding hydrogens is 238 g/mol. The van der Waals surface area contributed by atoms with E-state index in [-0.39, 0.29) is 0 Å². The maximum absolute atomic E-state index is 5.48. The van der Waals surface area contributed by atoms with Gasteiger partial charge in [0.25, 0.3) is 0 Å². The quantitative estimate of drug-likeness (QED) is 0.731. The number of ether oxygens (including phenoxy) is 2. The molecule has 0 aliphatic heterocycles. The van der Waals surface area contributed by atoms with Crippen LogP contribution in [0.5, 0.6) is 5.75 Å². The molecule has 0 bridgehead atoms. The average molecular weight is 265 g/mol. The molecule has 0 aliphatic rings. The van der Waals surface area contributed by atoms with Gasteiger partial charge in [-0.3, -0.25) is 0 Å². The summed E-state index contributed by atoms with van der Waals surface area (Å²) in [5.41, 5.74) is 3.80. The first-order valence-electron chi connectivity index (χ1n) is 7.10. The van der Waals surface area contributed by atoms with Crippen LogP contribution in [-0.2, 0) is 4.74 Å². The molecule has 1 rings (SSSR count). The molecular formula is C16H27NO2. The fraction of sp³-hybridized carbons (Fsp3) is 0.625. The number of rotatable bonds is 8. The van der Waals surface area contributed by atoms with E-state index in [0.717, 1.165) is 31.9 Å². The van der Waals surface area contributed by atoms with E-state index in [4.69, 9.17) is 9.47 Å². The van der Waals surface area contributed by atoms with Crippen molar-refractivity contribution in [2.24, 2.45) is 0 Å². The molecule has 19 heavy (non-hydrogen) atoms. The van der Waals surface area contributed by atoms with Gasteiger partial charge in [-0.15, -0.1) is 0 Å². The Morgan fingerprint density at radius 1 is 1.16 bits per heavy atom. The third-order valence-corrected chi connectivity index (χ3v) is 3.36. The second-order valence-corrected chi connectivity index (χ2v) is 4.77. The first kappa shape index (κ1) is 16.0. The summed E-state index contributed by atoms with van der Waals surface area (Å²) in [6, 6.07) is 4.70. The van der Waals surface area contributed by atoms with Crippen LogP contribution in [0.1, 0.15) is 43.0 Å². The summed E-state index contributed by atoms with van der Waals surface area (Å²) < 4.78 is 10.9. The van der Waals surface area contributed by atoms with Crippen LogP contribution >= 0.6 is 0 Å². The van der Waals surface area contributed by atoms with Gasteiger partial charge >= 0.3 is 0 Å². The van der Waals surface area contributed by atoms with Crippen LogP contribution in [0.4, 0.5) is 0 Å². The number of nitrogens with one attached hydrogen (secondary N) is 1. The lowest BCUT2D eigenvalue weighted by Crippen LogP contribution is -2.23. The van der Waals surface area contributed by atoms with Crippen molar-refractivity contribution in [3.63, 3.8) is 0 Å². The second-order valence-electron chi connectivity index (χ2n) is 4.77. The van der Waals surface area contributed by atoms with Gasteiger partial charge in [-0.25, -0.2) is 0 Å². The van der Waals surface area contributed by atoms with Crippen LogP contribution in [-0.4, -0.2) is 26.9 Å². The van der Waals surface area contributed by atoms with Gasteiger partial charge in [0.1, 0.15) is 5.75 Å². The van der Waals surface area contributed by atoms with Crippen molar-refractivity contribution in [1.29, 1.82) is 0 Å². The van der Waals surface area contributed by atoms with E-state index in [2.05, 4.69) is 38.2 Å². The normalized spacial score (nSPS) is 12.5. The van der Waals surface area contributed by atoms with Gasteiger partial charge < -0.3 is 14.8 Å². The minimum Gasteiger partial charge on any atom is -0.496 e. The summed E-state index contributed by atoms with van der Waals surface area (Å²) in [4.78, 5) is 0. The zero-order chi connectivity index (χ0) is 14.3. The smallest absolute Gasteiger partial charge is 0.122 e. The Morgan fingerprint density at radius 2 is 1.89 bits per heavy atom. The Kier molecular flexibility index (Phi) is 6.89. The topological polar surface area (TPSA) is 30.5 Å². The lowest BCUT2D eigenvalue weighted by Gasteiger charge is -2.22. The molecule has 1 aromatic carbocycles. The number of aryl methyl sites for hydroxylation is 2. The third kappa shape index (κ3) is 4.51. The van der Waals surface area contributed by atoms with Crippen molar-refractivity contribution in [3.8, 4) is 5.75 Å². The van der Waals surface area contributed by atoms with Gasteiger partial charge in [-0.1, -0.05) is 13.0 Å². The van der Waals surface area contributed by atoms with Gasteiger partial charge in [0.2, 0.25) is 0 Å². The number of hydrogen-bond donors (Lipinski definition) is 1. The molecule has 1 N–H and O–H groups in total. The fourth-order valence-electron chi connectivity index (χ4n) is 2.37. The van der Waals surface area contributed by atoms with Crippen LogP contribution < -0.4 is 10.1 Å². The van der Waals surface area contributed by atoms with Crippen molar-refractivity contribution in [3.05, 3.63) is 28.8 Å². The summed E-state index contributed by atoms with van der Waals surface area (Å²) in [5.74, 6) is 0.960. The molecule has 3 heteroatoms. The SMILES string of the molecule is CCNC(CCOCC)c1cc(C)c(OC)cc1C. The standard InChI is InChI=1S/C16H27NO2/c1-6-17-15(8-9-19-7-2)14-10-13(4)16(18-5)11-12(14)3/h10-11,15,17H,6-9H2,1-5H3. The molecule has 0 saturated carbocycles. The molecule has 0 amide bonds. The second kappa shape index (κ2) is 8.18. The Morgan fingerprint density at radius 3 is 2.47 bits per heavy atom. The zero-order valence-corrected chi connectivity index (χ0v) is 12.9. The molecule has 0 aromatic heterocycles. The molecule has 0 saturated heterocycles. The molecule has 1 aromatic rings. The molecule has 108 valence electrons. The largest absolute Gasteiger partial charge is 0.496 e. The van der Waals surface area contributed by atoms with Gasteiger partial charge in [-0.2, -0.15) is 0 Å². The van der Waals surface area contributed by atoms with Crippen molar-refractivity contribution in [2.45, 2.75) is 40.2 Å². The minimum absolute atomic E-state index is 0.348. The van der Waals surface area contributed by atoms with Crippen molar-refractivity contribution in [1.82, 2.24) is 5.32 Å². The summed E-state index contributed by atoms with van der Waals surface area (Å²) in [6.45, 7) is 10.9. The van der Waals surface area contributed by atoms with E-state index in [1.165, 1.54) is 16.7 Å². The van der Waals surface area contributed by atoms with Crippen LogP contribution in [0.15, 0.2) is 12.1 Å². The van der Waals surface area contributed by atoms with E-state index >= 15 is 0 Å². The number of methoxy groups -OCH3 is 1. The fourth-order valence-corrected chi connectivity index (χ4v) is 2.37. The number of benzene rings is 1. The van der Waals surface area contributed by atoms with Crippen LogP contribution in [0.3, 0.4) is 0 Å². The lowest BCUT2D eigenvalue weighted by atomic mass is 9.96. The van der Waals surface area contributed by atoms with E-state index in [9.17, 15) is 0 Å². The Labute approximate surface area is 117 Å². The van der Waals surface area contributed by atoms with Crippen LogP contribution in [0.25, 0.3) is 0 Å². The van der Waals surface area contributed by atoms with E-state index < -0.39 is 0 Å². The lowest BCUT2D eigenvalue weighted by molar-refractivity contribution is 0.136. The highest BCUT2D eigenvalue weighted by Gasteiger charge is 2.14. The third-order valence-electron chi connectivity index (χ3n) is 3.36. The van der Waals surface area contributed by atoms with Gasteiger partial charge in [0.05, 0.1) is 7.11 Å². The van der Waals surface area contributed by atoms with Crippen molar-refractivity contribution in [2.75, 3.05) is 26.9 Å². The summed E-state index contributed by atoms with van der Waals surface area (Å²) >= 11 is 0. The summed E-state index contributed by atoms with van der Waals surface area (Å²) in [7, 11) is 1.72. The van der Waals surface area contributed by atoms with Crippen LogP contribution in [0, 0.1) is 13.8 Å². The first-order valence-corrected chi connectivity index (χ1v) is 7.10. The Bertz CT molecular complexity index is 391. The minimum atomic E-state index is 0.348. The van der Waals surface area contributed by atoms with E-state index in [0.29, 0.717) is 6.04 Å².